The normalized spacial score (nSPS) is 12.2. The third-order valence-electron chi connectivity index (χ3n) is 4.87. The van der Waals surface area contributed by atoms with Gasteiger partial charge in [-0.2, -0.15) is 0 Å². The molecule has 2 heterocycles. The van der Waals surface area contributed by atoms with Crippen molar-refractivity contribution in [2.75, 3.05) is 0 Å². The van der Waals surface area contributed by atoms with Gasteiger partial charge in [-0.05, 0) is 74.8 Å². The SMILES string of the molecule is c1ccc2cc3c(cc2c1)sc1cc2cc4sccc4cc2cc13. The molecule has 0 nitrogen and oxygen atoms in total. The molecule has 2 aromatic heterocycles. The molecule has 0 spiro atoms. The van der Waals surface area contributed by atoms with Crippen molar-refractivity contribution in [3.05, 3.63) is 72.1 Å². The molecule has 0 saturated carbocycles. The summed E-state index contributed by atoms with van der Waals surface area (Å²) in [6.45, 7) is 0. The van der Waals surface area contributed by atoms with Crippen molar-refractivity contribution in [3.8, 4) is 0 Å². The fourth-order valence-electron chi connectivity index (χ4n) is 3.67. The molecular formula is C22H12S2. The molecule has 24 heavy (non-hydrogen) atoms. The molecule has 112 valence electrons. The summed E-state index contributed by atoms with van der Waals surface area (Å²) in [5.41, 5.74) is 0. The van der Waals surface area contributed by atoms with Crippen LogP contribution in [0.4, 0.5) is 0 Å². The number of hydrogen-bond acceptors (Lipinski definition) is 2. The van der Waals surface area contributed by atoms with Crippen LogP contribution in [0.3, 0.4) is 0 Å². The first-order valence-corrected chi connectivity index (χ1v) is 9.71. The molecular weight excluding hydrogens is 328 g/mol. The van der Waals surface area contributed by atoms with Crippen LogP contribution in [0.1, 0.15) is 0 Å². The van der Waals surface area contributed by atoms with Crippen LogP contribution in [0.2, 0.25) is 0 Å². The molecule has 4 aromatic carbocycles. The largest absolute Gasteiger partial charge is 0.144 e. The van der Waals surface area contributed by atoms with Crippen molar-refractivity contribution in [1.82, 2.24) is 0 Å². The lowest BCUT2D eigenvalue weighted by Crippen LogP contribution is -1.74. The van der Waals surface area contributed by atoms with E-state index in [0.29, 0.717) is 0 Å². The Morgan fingerprint density at radius 3 is 1.96 bits per heavy atom. The summed E-state index contributed by atoms with van der Waals surface area (Å²) in [7, 11) is 0. The van der Waals surface area contributed by atoms with Crippen LogP contribution in [0.25, 0.3) is 51.8 Å². The maximum absolute atomic E-state index is 2.37. The Morgan fingerprint density at radius 1 is 0.500 bits per heavy atom. The van der Waals surface area contributed by atoms with Crippen molar-refractivity contribution in [3.63, 3.8) is 0 Å². The molecule has 0 atom stereocenters. The average Bonchev–Trinajstić information content (AvgIpc) is 3.19. The van der Waals surface area contributed by atoms with Gasteiger partial charge in [0.05, 0.1) is 0 Å². The summed E-state index contributed by atoms with van der Waals surface area (Å²) in [5.74, 6) is 0. The van der Waals surface area contributed by atoms with Gasteiger partial charge in [0, 0.05) is 24.9 Å². The second-order valence-corrected chi connectivity index (χ2v) is 8.34. The topological polar surface area (TPSA) is 0 Å². The van der Waals surface area contributed by atoms with Gasteiger partial charge in [-0.25, -0.2) is 0 Å². The van der Waals surface area contributed by atoms with Crippen molar-refractivity contribution < 1.29 is 0 Å². The molecule has 0 bridgehead atoms. The third kappa shape index (κ3) is 1.73. The summed E-state index contributed by atoms with van der Waals surface area (Å²) in [6, 6.07) is 24.9. The van der Waals surface area contributed by atoms with E-state index in [0.717, 1.165) is 0 Å². The van der Waals surface area contributed by atoms with E-state index in [1.165, 1.54) is 51.8 Å². The Balaban J connectivity index is 1.80. The zero-order chi connectivity index (χ0) is 15.7. The van der Waals surface area contributed by atoms with Gasteiger partial charge in [0.2, 0.25) is 0 Å². The Kier molecular flexibility index (Phi) is 2.46. The van der Waals surface area contributed by atoms with Crippen LogP contribution >= 0.6 is 22.7 Å². The van der Waals surface area contributed by atoms with Gasteiger partial charge in [0.1, 0.15) is 0 Å². The zero-order valence-corrected chi connectivity index (χ0v) is 14.4. The molecule has 0 aliphatic carbocycles. The van der Waals surface area contributed by atoms with Gasteiger partial charge in [0.25, 0.3) is 0 Å². The minimum absolute atomic E-state index is 1.32. The van der Waals surface area contributed by atoms with Crippen molar-refractivity contribution in [2.45, 2.75) is 0 Å². The number of thiophene rings is 2. The number of benzene rings is 4. The lowest BCUT2D eigenvalue weighted by Gasteiger charge is -2.01. The van der Waals surface area contributed by atoms with E-state index < -0.39 is 0 Å². The fourth-order valence-corrected chi connectivity index (χ4v) is 5.65. The van der Waals surface area contributed by atoms with Gasteiger partial charge >= 0.3 is 0 Å². The highest BCUT2D eigenvalue weighted by Gasteiger charge is 2.09. The van der Waals surface area contributed by atoms with Gasteiger partial charge < -0.3 is 0 Å². The number of rotatable bonds is 0. The Bertz CT molecular complexity index is 1400. The smallest absolute Gasteiger partial charge is 0.0361 e. The highest BCUT2D eigenvalue weighted by atomic mass is 32.1. The maximum Gasteiger partial charge on any atom is 0.0361 e. The van der Waals surface area contributed by atoms with Crippen molar-refractivity contribution >= 4 is 74.5 Å². The van der Waals surface area contributed by atoms with E-state index in [1.807, 2.05) is 22.7 Å². The lowest BCUT2D eigenvalue weighted by atomic mass is 10.0. The second kappa shape index (κ2) is 4.56. The minimum atomic E-state index is 1.32. The molecule has 6 rings (SSSR count). The summed E-state index contributed by atoms with van der Waals surface area (Å²) >= 11 is 3.72. The Labute approximate surface area is 146 Å². The number of fused-ring (bicyclic) bond motifs is 6. The third-order valence-corrected chi connectivity index (χ3v) is 6.86. The van der Waals surface area contributed by atoms with E-state index >= 15 is 0 Å². The molecule has 0 radical (unpaired) electrons. The summed E-state index contributed by atoms with van der Waals surface area (Å²) in [6.07, 6.45) is 0. The molecule has 0 N–H and O–H groups in total. The first kappa shape index (κ1) is 12.9. The van der Waals surface area contributed by atoms with Crippen LogP contribution in [0.5, 0.6) is 0 Å². The van der Waals surface area contributed by atoms with Gasteiger partial charge in [-0.15, -0.1) is 22.7 Å². The van der Waals surface area contributed by atoms with E-state index in [4.69, 9.17) is 0 Å². The van der Waals surface area contributed by atoms with Crippen LogP contribution in [-0.2, 0) is 0 Å². The molecule has 0 amide bonds. The van der Waals surface area contributed by atoms with Gasteiger partial charge in [-0.3, -0.25) is 0 Å². The monoisotopic (exact) mass is 340 g/mol. The summed E-state index contributed by atoms with van der Waals surface area (Å²) < 4.78 is 4.12. The Morgan fingerprint density at radius 2 is 1.12 bits per heavy atom. The molecule has 0 aliphatic heterocycles. The highest BCUT2D eigenvalue weighted by molar-refractivity contribution is 7.26. The molecule has 2 heteroatoms. The highest BCUT2D eigenvalue weighted by Crippen LogP contribution is 2.39. The molecule has 0 fully saturated rings. The standard InChI is InChI=1S/C22H12S2/c1-2-4-14-10-21-18(8-13(14)3-1)19-9-16-7-15-5-6-23-20(15)11-17(16)12-22(19)24-21/h1-12H. The van der Waals surface area contributed by atoms with Gasteiger partial charge in [0.15, 0.2) is 0 Å². The molecule has 0 unspecified atom stereocenters. The van der Waals surface area contributed by atoms with E-state index in [-0.39, 0.29) is 0 Å². The molecule has 0 saturated heterocycles. The van der Waals surface area contributed by atoms with Crippen molar-refractivity contribution in [2.24, 2.45) is 0 Å². The predicted molar refractivity (Wildman–Crippen MR) is 110 cm³/mol. The number of hydrogen-bond donors (Lipinski definition) is 0. The predicted octanol–water partition coefficient (Wildman–Crippen LogP) is 7.58. The lowest BCUT2D eigenvalue weighted by molar-refractivity contribution is 1.82. The van der Waals surface area contributed by atoms with Crippen LogP contribution in [0, 0.1) is 0 Å². The average molecular weight is 340 g/mol. The first-order valence-electron chi connectivity index (χ1n) is 8.01. The zero-order valence-electron chi connectivity index (χ0n) is 12.7. The second-order valence-electron chi connectivity index (χ2n) is 6.30. The van der Waals surface area contributed by atoms with Crippen LogP contribution < -0.4 is 0 Å². The van der Waals surface area contributed by atoms with E-state index in [1.54, 1.807) is 0 Å². The molecule has 6 aromatic rings. The van der Waals surface area contributed by atoms with Gasteiger partial charge in [-0.1, -0.05) is 24.3 Å². The first-order chi connectivity index (χ1) is 11.8. The van der Waals surface area contributed by atoms with Crippen molar-refractivity contribution in [1.29, 1.82) is 0 Å². The van der Waals surface area contributed by atoms with E-state index in [2.05, 4.69) is 72.1 Å². The minimum Gasteiger partial charge on any atom is -0.144 e. The summed E-state index contributed by atoms with van der Waals surface area (Å²) in [5, 5.41) is 11.6. The molecule has 0 aliphatic rings. The van der Waals surface area contributed by atoms with Crippen LogP contribution in [0.15, 0.2) is 72.1 Å². The maximum atomic E-state index is 2.37. The quantitative estimate of drug-likeness (QED) is 0.267. The van der Waals surface area contributed by atoms with Crippen LogP contribution in [-0.4, -0.2) is 0 Å². The van der Waals surface area contributed by atoms with E-state index in [9.17, 15) is 0 Å². The fraction of sp³-hybridized carbons (Fsp3) is 0. The summed E-state index contributed by atoms with van der Waals surface area (Å²) in [4.78, 5) is 0. The Hall–Kier alpha value is -2.42.